The zero-order valence-corrected chi connectivity index (χ0v) is 9.20. The van der Waals surface area contributed by atoms with Crippen molar-refractivity contribution in [3.8, 4) is 0 Å². The van der Waals surface area contributed by atoms with E-state index in [4.69, 9.17) is 0 Å². The first-order valence-electron chi connectivity index (χ1n) is 5.03. The van der Waals surface area contributed by atoms with Crippen molar-refractivity contribution in [2.45, 2.75) is 13.0 Å². The van der Waals surface area contributed by atoms with E-state index >= 15 is 0 Å². The van der Waals surface area contributed by atoms with Crippen molar-refractivity contribution in [2.24, 2.45) is 0 Å². The van der Waals surface area contributed by atoms with Crippen LogP contribution in [0, 0.1) is 0 Å². The smallest absolute Gasteiger partial charge is 0.0641 e. The van der Waals surface area contributed by atoms with Gasteiger partial charge >= 0.3 is 0 Å². The van der Waals surface area contributed by atoms with E-state index in [1.807, 2.05) is 18.3 Å². The molecule has 0 spiro atoms. The molecule has 0 aromatic carbocycles. The Labute approximate surface area is 86.2 Å². The largest absolute Gasteiger partial charge is 0.315 e. The lowest BCUT2D eigenvalue weighted by Crippen LogP contribution is -2.31. The van der Waals surface area contributed by atoms with Crippen LogP contribution >= 0.6 is 0 Å². The molecule has 1 N–H and O–H groups in total. The highest BCUT2D eigenvalue weighted by atomic mass is 15.1. The van der Waals surface area contributed by atoms with Crippen LogP contribution in [0.5, 0.6) is 0 Å². The minimum Gasteiger partial charge on any atom is -0.315 e. The Bertz CT molecular complexity index is 246. The van der Waals surface area contributed by atoms with Crippen molar-refractivity contribution in [2.75, 3.05) is 27.2 Å². The molecule has 78 valence electrons. The fourth-order valence-corrected chi connectivity index (χ4v) is 1.41. The average Bonchev–Trinajstić information content (AvgIpc) is 2.19. The first-order valence-corrected chi connectivity index (χ1v) is 5.03. The van der Waals surface area contributed by atoms with Crippen LogP contribution in [0.2, 0.25) is 0 Å². The quantitative estimate of drug-likeness (QED) is 0.764. The van der Waals surface area contributed by atoms with Crippen LogP contribution in [0.25, 0.3) is 0 Å². The molecule has 14 heavy (non-hydrogen) atoms. The molecule has 0 fully saturated rings. The Balaban J connectivity index is 2.68. The Kier molecular flexibility index (Phi) is 4.56. The molecule has 3 nitrogen and oxygen atoms in total. The number of aromatic nitrogens is 1. The Morgan fingerprint density at radius 3 is 2.71 bits per heavy atom. The summed E-state index contributed by atoms with van der Waals surface area (Å²) >= 11 is 0. The summed E-state index contributed by atoms with van der Waals surface area (Å²) in [6.45, 7) is 4.06. The molecule has 0 aliphatic rings. The number of hydrogen-bond acceptors (Lipinski definition) is 3. The van der Waals surface area contributed by atoms with Gasteiger partial charge in [-0.15, -0.1) is 0 Å². The standard InChI is InChI=1S/C11H19N3/c1-4-12-9-11(14(2)3)10-7-5-6-8-13-10/h5-8,11-12H,4,9H2,1-3H3. The van der Waals surface area contributed by atoms with Crippen molar-refractivity contribution in [1.82, 2.24) is 15.2 Å². The van der Waals surface area contributed by atoms with Gasteiger partial charge in [-0.1, -0.05) is 13.0 Å². The van der Waals surface area contributed by atoms with Crippen molar-refractivity contribution in [3.05, 3.63) is 30.1 Å². The van der Waals surface area contributed by atoms with E-state index in [-0.39, 0.29) is 0 Å². The maximum Gasteiger partial charge on any atom is 0.0641 e. The van der Waals surface area contributed by atoms with E-state index in [0.717, 1.165) is 18.8 Å². The Hall–Kier alpha value is -0.930. The lowest BCUT2D eigenvalue weighted by molar-refractivity contribution is 0.285. The van der Waals surface area contributed by atoms with Crippen LogP contribution in [0.15, 0.2) is 24.4 Å². The van der Waals surface area contributed by atoms with E-state index < -0.39 is 0 Å². The molecular weight excluding hydrogens is 174 g/mol. The number of pyridine rings is 1. The molecule has 1 aromatic heterocycles. The SMILES string of the molecule is CCNCC(c1ccccn1)N(C)C. The number of nitrogens with zero attached hydrogens (tertiary/aromatic N) is 2. The summed E-state index contributed by atoms with van der Waals surface area (Å²) in [7, 11) is 4.16. The van der Waals surface area contributed by atoms with Gasteiger partial charge in [-0.3, -0.25) is 9.88 Å². The average molecular weight is 193 g/mol. The predicted octanol–water partition coefficient (Wildman–Crippen LogP) is 1.29. The highest BCUT2D eigenvalue weighted by Gasteiger charge is 2.13. The van der Waals surface area contributed by atoms with E-state index in [2.05, 4.69) is 42.3 Å². The molecule has 0 aliphatic carbocycles. The van der Waals surface area contributed by atoms with Gasteiger partial charge in [0.25, 0.3) is 0 Å². The molecule has 3 heteroatoms. The summed E-state index contributed by atoms with van der Waals surface area (Å²) in [5.41, 5.74) is 1.12. The normalized spacial score (nSPS) is 13.1. The number of rotatable bonds is 5. The zero-order chi connectivity index (χ0) is 10.4. The van der Waals surface area contributed by atoms with Crippen molar-refractivity contribution >= 4 is 0 Å². The van der Waals surface area contributed by atoms with Gasteiger partial charge in [0.15, 0.2) is 0 Å². The molecule has 1 heterocycles. The molecule has 0 bridgehead atoms. The number of hydrogen-bond donors (Lipinski definition) is 1. The summed E-state index contributed by atoms with van der Waals surface area (Å²) < 4.78 is 0. The number of likely N-dealkylation sites (N-methyl/N-ethyl adjacent to an activating group) is 2. The third-order valence-corrected chi connectivity index (χ3v) is 2.24. The molecule has 1 unspecified atom stereocenters. The third kappa shape index (κ3) is 3.09. The third-order valence-electron chi connectivity index (χ3n) is 2.24. The second-order valence-corrected chi connectivity index (χ2v) is 3.54. The summed E-state index contributed by atoms with van der Waals surface area (Å²) in [6.07, 6.45) is 1.85. The molecule has 1 atom stereocenters. The van der Waals surface area contributed by atoms with Crippen LogP contribution in [0.1, 0.15) is 18.7 Å². The van der Waals surface area contributed by atoms with Crippen molar-refractivity contribution in [3.63, 3.8) is 0 Å². The summed E-state index contributed by atoms with van der Waals surface area (Å²) in [6, 6.07) is 6.41. The van der Waals surface area contributed by atoms with Crippen LogP contribution in [0.4, 0.5) is 0 Å². The maximum atomic E-state index is 4.37. The van der Waals surface area contributed by atoms with Gasteiger partial charge in [-0.2, -0.15) is 0 Å². The molecule has 1 aromatic rings. The summed E-state index contributed by atoms with van der Waals surface area (Å²) in [4.78, 5) is 6.56. The first kappa shape index (κ1) is 11.1. The van der Waals surface area contributed by atoms with E-state index in [0.29, 0.717) is 6.04 Å². The van der Waals surface area contributed by atoms with Gasteiger partial charge in [0.2, 0.25) is 0 Å². The second kappa shape index (κ2) is 5.73. The van der Waals surface area contributed by atoms with Gasteiger partial charge in [-0.25, -0.2) is 0 Å². The molecule has 0 amide bonds. The van der Waals surface area contributed by atoms with E-state index in [9.17, 15) is 0 Å². The molecular formula is C11H19N3. The van der Waals surface area contributed by atoms with Gasteiger partial charge in [-0.05, 0) is 32.8 Å². The lowest BCUT2D eigenvalue weighted by atomic mass is 10.1. The predicted molar refractivity (Wildman–Crippen MR) is 59.2 cm³/mol. The van der Waals surface area contributed by atoms with E-state index in [1.54, 1.807) is 0 Å². The van der Waals surface area contributed by atoms with Crippen LogP contribution in [-0.4, -0.2) is 37.1 Å². The second-order valence-electron chi connectivity index (χ2n) is 3.54. The highest BCUT2D eigenvalue weighted by molar-refractivity contribution is 5.09. The Morgan fingerprint density at radius 2 is 2.21 bits per heavy atom. The van der Waals surface area contributed by atoms with Crippen LogP contribution in [0.3, 0.4) is 0 Å². The molecule has 0 aliphatic heterocycles. The monoisotopic (exact) mass is 193 g/mol. The summed E-state index contributed by atoms with van der Waals surface area (Å²) in [5.74, 6) is 0. The fraction of sp³-hybridized carbons (Fsp3) is 0.545. The molecule has 1 rings (SSSR count). The van der Waals surface area contributed by atoms with Crippen molar-refractivity contribution in [1.29, 1.82) is 0 Å². The van der Waals surface area contributed by atoms with Crippen LogP contribution in [-0.2, 0) is 0 Å². The van der Waals surface area contributed by atoms with Gasteiger partial charge in [0, 0.05) is 12.7 Å². The molecule has 0 saturated heterocycles. The fourth-order valence-electron chi connectivity index (χ4n) is 1.41. The maximum absolute atomic E-state index is 4.37. The molecule has 0 saturated carbocycles. The van der Waals surface area contributed by atoms with Gasteiger partial charge in [0.1, 0.15) is 0 Å². The lowest BCUT2D eigenvalue weighted by Gasteiger charge is -2.23. The minimum atomic E-state index is 0.358. The summed E-state index contributed by atoms with van der Waals surface area (Å²) in [5, 5.41) is 3.35. The van der Waals surface area contributed by atoms with Crippen molar-refractivity contribution < 1.29 is 0 Å². The van der Waals surface area contributed by atoms with Gasteiger partial charge < -0.3 is 5.32 Å². The molecule has 0 radical (unpaired) electrons. The van der Waals surface area contributed by atoms with Gasteiger partial charge in [0.05, 0.1) is 11.7 Å². The Morgan fingerprint density at radius 1 is 1.43 bits per heavy atom. The zero-order valence-electron chi connectivity index (χ0n) is 9.20. The van der Waals surface area contributed by atoms with Crippen LogP contribution < -0.4 is 5.32 Å². The topological polar surface area (TPSA) is 28.2 Å². The highest BCUT2D eigenvalue weighted by Crippen LogP contribution is 2.13. The van der Waals surface area contributed by atoms with E-state index in [1.165, 1.54) is 0 Å². The minimum absolute atomic E-state index is 0.358. The number of nitrogens with one attached hydrogen (secondary N) is 1. The first-order chi connectivity index (χ1) is 6.75.